The largest absolute Gasteiger partial charge is 0.329 e. The van der Waals surface area contributed by atoms with Crippen LogP contribution in [0.3, 0.4) is 0 Å². The molecule has 120 valence electrons. The van der Waals surface area contributed by atoms with Gasteiger partial charge < -0.3 is 9.80 Å². The number of carbonyl (C=O) groups excluding carboxylic acids is 1. The topological polar surface area (TPSA) is 23.6 Å². The van der Waals surface area contributed by atoms with Crippen molar-refractivity contribution in [3.8, 4) is 0 Å². The Labute approximate surface area is 143 Å². The molecule has 0 aromatic heterocycles. The SMILES string of the molecule is CN1CCN(C(=O)c2ccc(Br)cc2F)[C@H](c2ccccc2)C1. The van der Waals surface area contributed by atoms with Crippen LogP contribution in [0.2, 0.25) is 0 Å². The molecule has 1 atom stereocenters. The van der Waals surface area contributed by atoms with Crippen LogP contribution in [0.25, 0.3) is 0 Å². The Morgan fingerprint density at radius 1 is 1.17 bits per heavy atom. The zero-order valence-electron chi connectivity index (χ0n) is 12.9. The van der Waals surface area contributed by atoms with Gasteiger partial charge in [0.2, 0.25) is 0 Å². The lowest BCUT2D eigenvalue weighted by atomic mass is 10.0. The van der Waals surface area contributed by atoms with E-state index in [-0.39, 0.29) is 17.5 Å². The number of hydrogen-bond acceptors (Lipinski definition) is 2. The van der Waals surface area contributed by atoms with E-state index < -0.39 is 5.82 Å². The zero-order valence-corrected chi connectivity index (χ0v) is 14.5. The Bertz CT molecular complexity index is 707. The van der Waals surface area contributed by atoms with E-state index in [0.717, 1.165) is 18.7 Å². The first-order chi connectivity index (χ1) is 11.1. The number of carbonyl (C=O) groups is 1. The van der Waals surface area contributed by atoms with Crippen molar-refractivity contribution in [1.82, 2.24) is 9.80 Å². The molecule has 0 N–H and O–H groups in total. The van der Waals surface area contributed by atoms with Crippen LogP contribution in [0.1, 0.15) is 22.0 Å². The molecule has 2 aromatic carbocycles. The summed E-state index contributed by atoms with van der Waals surface area (Å²) in [7, 11) is 2.04. The predicted molar refractivity (Wildman–Crippen MR) is 91.8 cm³/mol. The maximum atomic E-state index is 14.2. The van der Waals surface area contributed by atoms with Gasteiger partial charge in [0, 0.05) is 24.1 Å². The average Bonchev–Trinajstić information content (AvgIpc) is 2.55. The summed E-state index contributed by atoms with van der Waals surface area (Å²) in [5, 5.41) is 0. The monoisotopic (exact) mass is 376 g/mol. The molecule has 1 aliphatic heterocycles. The summed E-state index contributed by atoms with van der Waals surface area (Å²) in [6.07, 6.45) is 0. The number of likely N-dealkylation sites (N-methyl/N-ethyl adjacent to an activating group) is 1. The van der Waals surface area contributed by atoms with Crippen LogP contribution in [-0.4, -0.2) is 42.4 Å². The third-order valence-electron chi connectivity index (χ3n) is 4.19. The first kappa shape index (κ1) is 16.1. The molecule has 1 fully saturated rings. The summed E-state index contributed by atoms with van der Waals surface area (Å²) < 4.78 is 14.8. The molecule has 2 aromatic rings. The summed E-state index contributed by atoms with van der Waals surface area (Å²) in [6.45, 7) is 2.12. The van der Waals surface area contributed by atoms with E-state index in [4.69, 9.17) is 0 Å². The summed E-state index contributed by atoms with van der Waals surface area (Å²) in [5.41, 5.74) is 1.20. The highest BCUT2D eigenvalue weighted by molar-refractivity contribution is 9.10. The highest BCUT2D eigenvalue weighted by Crippen LogP contribution is 2.27. The maximum absolute atomic E-state index is 14.2. The van der Waals surface area contributed by atoms with Crippen LogP contribution in [0, 0.1) is 5.82 Å². The first-order valence-electron chi connectivity index (χ1n) is 7.56. The summed E-state index contributed by atoms with van der Waals surface area (Å²) >= 11 is 3.23. The van der Waals surface area contributed by atoms with E-state index in [9.17, 15) is 9.18 Å². The van der Waals surface area contributed by atoms with Gasteiger partial charge in [0.1, 0.15) is 5.82 Å². The van der Waals surface area contributed by atoms with Crippen molar-refractivity contribution in [3.05, 3.63) is 69.9 Å². The van der Waals surface area contributed by atoms with Crippen molar-refractivity contribution in [2.24, 2.45) is 0 Å². The smallest absolute Gasteiger partial charge is 0.257 e. The molecule has 0 saturated carbocycles. The number of amides is 1. The Hall–Kier alpha value is -1.72. The van der Waals surface area contributed by atoms with E-state index in [0.29, 0.717) is 11.0 Å². The second-order valence-corrected chi connectivity index (χ2v) is 6.73. The van der Waals surface area contributed by atoms with Crippen LogP contribution < -0.4 is 0 Å². The average molecular weight is 377 g/mol. The van der Waals surface area contributed by atoms with E-state index in [1.807, 2.05) is 37.4 Å². The molecular formula is C18H18BrFN2O. The highest BCUT2D eigenvalue weighted by Gasteiger charge is 2.31. The molecule has 1 amide bonds. The van der Waals surface area contributed by atoms with Crippen molar-refractivity contribution in [3.63, 3.8) is 0 Å². The third-order valence-corrected chi connectivity index (χ3v) is 4.68. The van der Waals surface area contributed by atoms with E-state index >= 15 is 0 Å². The van der Waals surface area contributed by atoms with Crippen molar-refractivity contribution in [1.29, 1.82) is 0 Å². The van der Waals surface area contributed by atoms with Crippen molar-refractivity contribution < 1.29 is 9.18 Å². The van der Waals surface area contributed by atoms with Crippen molar-refractivity contribution in [2.75, 3.05) is 26.7 Å². The molecule has 1 heterocycles. The quantitative estimate of drug-likeness (QED) is 0.797. The fourth-order valence-corrected chi connectivity index (χ4v) is 3.27. The van der Waals surface area contributed by atoms with Gasteiger partial charge in [-0.3, -0.25) is 4.79 Å². The van der Waals surface area contributed by atoms with Gasteiger partial charge >= 0.3 is 0 Å². The van der Waals surface area contributed by atoms with E-state index in [1.54, 1.807) is 17.0 Å². The molecule has 0 unspecified atom stereocenters. The molecule has 0 radical (unpaired) electrons. The molecule has 0 bridgehead atoms. The van der Waals surface area contributed by atoms with Gasteiger partial charge in [0.05, 0.1) is 11.6 Å². The van der Waals surface area contributed by atoms with Crippen LogP contribution in [-0.2, 0) is 0 Å². The molecule has 0 aliphatic carbocycles. The molecule has 5 heteroatoms. The lowest BCUT2D eigenvalue weighted by molar-refractivity contribution is 0.0493. The molecule has 3 rings (SSSR count). The zero-order chi connectivity index (χ0) is 16.4. The molecule has 23 heavy (non-hydrogen) atoms. The first-order valence-corrected chi connectivity index (χ1v) is 8.35. The van der Waals surface area contributed by atoms with Gasteiger partial charge in [-0.1, -0.05) is 46.3 Å². The number of halogens is 2. The van der Waals surface area contributed by atoms with E-state index in [2.05, 4.69) is 20.8 Å². The normalized spacial score (nSPS) is 18.9. The van der Waals surface area contributed by atoms with Crippen LogP contribution in [0.4, 0.5) is 4.39 Å². The van der Waals surface area contributed by atoms with Crippen LogP contribution >= 0.6 is 15.9 Å². The number of rotatable bonds is 2. The summed E-state index contributed by atoms with van der Waals surface area (Å²) in [5.74, 6) is -0.743. The van der Waals surface area contributed by atoms with Crippen molar-refractivity contribution in [2.45, 2.75) is 6.04 Å². The highest BCUT2D eigenvalue weighted by atomic mass is 79.9. The second kappa shape index (κ2) is 6.81. The second-order valence-electron chi connectivity index (χ2n) is 5.81. The fraction of sp³-hybridized carbons (Fsp3) is 0.278. The minimum absolute atomic E-state index is 0.0644. The lowest BCUT2D eigenvalue weighted by Crippen LogP contribution is -2.49. The minimum Gasteiger partial charge on any atom is -0.329 e. The van der Waals surface area contributed by atoms with Crippen LogP contribution in [0.5, 0.6) is 0 Å². The number of nitrogens with zero attached hydrogens (tertiary/aromatic N) is 2. The fourth-order valence-electron chi connectivity index (χ4n) is 2.94. The predicted octanol–water partition coefficient (Wildman–Crippen LogP) is 3.72. The van der Waals surface area contributed by atoms with Gasteiger partial charge in [0.15, 0.2) is 0 Å². The maximum Gasteiger partial charge on any atom is 0.257 e. The van der Waals surface area contributed by atoms with Gasteiger partial charge in [-0.15, -0.1) is 0 Å². The summed E-state index contributed by atoms with van der Waals surface area (Å²) in [6, 6.07) is 14.4. The Morgan fingerprint density at radius 2 is 1.91 bits per heavy atom. The van der Waals surface area contributed by atoms with Crippen molar-refractivity contribution >= 4 is 21.8 Å². The number of piperazine rings is 1. The minimum atomic E-state index is -0.491. The van der Waals surface area contributed by atoms with Gasteiger partial charge in [-0.25, -0.2) is 4.39 Å². The molecule has 3 nitrogen and oxygen atoms in total. The summed E-state index contributed by atoms with van der Waals surface area (Å²) in [4.78, 5) is 16.8. The van der Waals surface area contributed by atoms with Gasteiger partial charge in [0.25, 0.3) is 5.91 Å². The number of benzene rings is 2. The number of hydrogen-bond donors (Lipinski definition) is 0. The van der Waals surface area contributed by atoms with Gasteiger partial charge in [-0.2, -0.15) is 0 Å². The Balaban J connectivity index is 1.93. The lowest BCUT2D eigenvalue weighted by Gasteiger charge is -2.40. The molecule has 1 aliphatic rings. The van der Waals surface area contributed by atoms with Crippen LogP contribution in [0.15, 0.2) is 53.0 Å². The van der Waals surface area contributed by atoms with Gasteiger partial charge in [-0.05, 0) is 30.8 Å². The molecule has 0 spiro atoms. The van der Waals surface area contributed by atoms with E-state index in [1.165, 1.54) is 6.07 Å². The molecule has 1 saturated heterocycles. The molecular weight excluding hydrogens is 359 g/mol. The Kier molecular flexibility index (Phi) is 4.78. The Morgan fingerprint density at radius 3 is 2.61 bits per heavy atom. The third kappa shape index (κ3) is 3.46. The standard InChI is InChI=1S/C18H18BrFN2O/c1-21-9-10-22(17(12-21)13-5-3-2-4-6-13)18(23)15-8-7-14(19)11-16(15)20/h2-8,11,17H,9-10,12H2,1H3/t17-/m0/s1.